The lowest BCUT2D eigenvalue weighted by Gasteiger charge is -2.35. The molecule has 0 radical (unpaired) electrons. The summed E-state index contributed by atoms with van der Waals surface area (Å²) in [7, 11) is 3.26. The van der Waals surface area contributed by atoms with Gasteiger partial charge in [0.05, 0.1) is 33.0 Å². The molecule has 0 saturated carbocycles. The van der Waals surface area contributed by atoms with E-state index in [1.54, 1.807) is 14.2 Å². The zero-order valence-electron chi connectivity index (χ0n) is 20.3. The van der Waals surface area contributed by atoms with E-state index in [4.69, 9.17) is 19.2 Å². The molecule has 0 spiro atoms. The van der Waals surface area contributed by atoms with E-state index in [2.05, 4.69) is 60.6 Å². The van der Waals surface area contributed by atoms with E-state index in [0.29, 0.717) is 18.0 Å². The van der Waals surface area contributed by atoms with Crippen LogP contribution < -0.4 is 20.1 Å². The van der Waals surface area contributed by atoms with Crippen LogP contribution in [0, 0.1) is 0 Å². The molecule has 7 nitrogen and oxygen atoms in total. The summed E-state index contributed by atoms with van der Waals surface area (Å²) in [5.41, 5.74) is 3.41. The fourth-order valence-electron chi connectivity index (χ4n) is 4.04. The average Bonchev–Trinajstić information content (AvgIpc) is 2.77. The Morgan fingerprint density at radius 1 is 1.03 bits per heavy atom. The van der Waals surface area contributed by atoms with E-state index in [1.807, 2.05) is 18.2 Å². The average molecular weight is 569 g/mol. The molecule has 0 aromatic heterocycles. The maximum absolute atomic E-state index is 5.88. The van der Waals surface area contributed by atoms with Crippen LogP contribution in [0.4, 0.5) is 5.69 Å². The van der Waals surface area contributed by atoms with Gasteiger partial charge < -0.3 is 24.8 Å². The Balaban J connectivity index is 0.00000385. The Bertz CT molecular complexity index is 899. The summed E-state index contributed by atoms with van der Waals surface area (Å²) in [4.78, 5) is 7.31. The summed E-state index contributed by atoms with van der Waals surface area (Å²) in [5, 5.41) is 6.68. The van der Waals surface area contributed by atoms with Gasteiger partial charge in [-0.3, -0.25) is 4.90 Å². The van der Waals surface area contributed by atoms with Crippen molar-refractivity contribution in [1.82, 2.24) is 10.2 Å². The van der Waals surface area contributed by atoms with E-state index in [-0.39, 0.29) is 36.2 Å². The van der Waals surface area contributed by atoms with Crippen molar-refractivity contribution < 1.29 is 14.2 Å². The van der Waals surface area contributed by atoms with Gasteiger partial charge in [-0.1, -0.05) is 24.3 Å². The number of hydrogen-bond acceptors (Lipinski definition) is 5. The van der Waals surface area contributed by atoms with Gasteiger partial charge in [-0.2, -0.15) is 0 Å². The topological polar surface area (TPSA) is 67.4 Å². The Hall–Kier alpha value is -2.04. The lowest BCUT2D eigenvalue weighted by Crippen LogP contribution is -2.44. The minimum absolute atomic E-state index is 0. The first-order chi connectivity index (χ1) is 15.5. The highest BCUT2D eigenvalue weighted by Crippen LogP contribution is 2.29. The highest BCUT2D eigenvalue weighted by Gasteiger charge is 2.22. The molecule has 2 atom stereocenters. The van der Waals surface area contributed by atoms with Crippen LogP contribution in [0.15, 0.2) is 47.5 Å². The first kappa shape index (κ1) is 27.2. The zero-order chi connectivity index (χ0) is 22.9. The molecule has 8 heteroatoms. The molecule has 2 unspecified atom stereocenters. The van der Waals surface area contributed by atoms with E-state index in [9.17, 15) is 0 Å². The van der Waals surface area contributed by atoms with Crippen molar-refractivity contribution in [3.05, 3.63) is 53.6 Å². The highest BCUT2D eigenvalue weighted by molar-refractivity contribution is 14.0. The van der Waals surface area contributed by atoms with Crippen molar-refractivity contribution in [3.8, 4) is 11.5 Å². The molecule has 1 aliphatic rings. The van der Waals surface area contributed by atoms with Crippen molar-refractivity contribution in [2.45, 2.75) is 46.1 Å². The van der Waals surface area contributed by atoms with Crippen LogP contribution in [0.3, 0.4) is 0 Å². The number of benzene rings is 2. The van der Waals surface area contributed by atoms with Gasteiger partial charge in [-0.05, 0) is 44.0 Å². The predicted molar refractivity (Wildman–Crippen MR) is 145 cm³/mol. The second kappa shape index (κ2) is 13.6. The van der Waals surface area contributed by atoms with Crippen molar-refractivity contribution in [2.24, 2.45) is 4.99 Å². The number of hydrogen-bond donors (Lipinski definition) is 2. The molecular formula is C25H37IN4O3. The summed E-state index contributed by atoms with van der Waals surface area (Å²) < 4.78 is 16.6. The Labute approximate surface area is 214 Å². The quantitative estimate of drug-likeness (QED) is 0.278. The molecule has 182 valence electrons. The van der Waals surface area contributed by atoms with Gasteiger partial charge in [0, 0.05) is 37.9 Å². The molecule has 1 fully saturated rings. The largest absolute Gasteiger partial charge is 0.493 e. The number of aliphatic imine (C=N–C) groups is 1. The Morgan fingerprint density at radius 3 is 2.33 bits per heavy atom. The molecule has 0 amide bonds. The van der Waals surface area contributed by atoms with Gasteiger partial charge in [-0.15, -0.1) is 24.0 Å². The molecule has 2 aromatic rings. The molecule has 0 aliphatic carbocycles. The number of nitrogens with zero attached hydrogens (tertiary/aromatic N) is 2. The summed E-state index contributed by atoms with van der Waals surface area (Å²) in [6.07, 6.45) is 0.518. The van der Waals surface area contributed by atoms with Crippen LogP contribution in [0.2, 0.25) is 0 Å². The number of anilines is 1. The first-order valence-corrected chi connectivity index (χ1v) is 11.2. The molecular weight excluding hydrogens is 531 g/mol. The molecule has 1 heterocycles. The van der Waals surface area contributed by atoms with Crippen LogP contribution in [0.1, 0.15) is 31.9 Å². The fourth-order valence-corrected chi connectivity index (χ4v) is 4.04. The monoisotopic (exact) mass is 568 g/mol. The lowest BCUT2D eigenvalue weighted by atomic mass is 10.1. The minimum atomic E-state index is 0. The second-order valence-electron chi connectivity index (χ2n) is 8.11. The second-order valence-corrected chi connectivity index (χ2v) is 8.11. The molecule has 0 bridgehead atoms. The van der Waals surface area contributed by atoms with Crippen LogP contribution in [0.25, 0.3) is 0 Å². The van der Waals surface area contributed by atoms with Crippen LogP contribution >= 0.6 is 24.0 Å². The molecule has 3 rings (SSSR count). The predicted octanol–water partition coefficient (Wildman–Crippen LogP) is 4.51. The highest BCUT2D eigenvalue weighted by atomic mass is 127. The molecule has 2 aromatic carbocycles. The van der Waals surface area contributed by atoms with Crippen molar-refractivity contribution in [3.63, 3.8) is 0 Å². The third kappa shape index (κ3) is 8.04. The number of morpholine rings is 1. The first-order valence-electron chi connectivity index (χ1n) is 11.2. The van der Waals surface area contributed by atoms with Crippen molar-refractivity contribution >= 4 is 35.6 Å². The summed E-state index contributed by atoms with van der Waals surface area (Å²) in [6, 6.07) is 14.3. The number of ether oxygens (including phenoxy) is 3. The van der Waals surface area contributed by atoms with Gasteiger partial charge in [0.15, 0.2) is 17.5 Å². The normalized spacial score (nSPS) is 18.9. The Morgan fingerprint density at radius 2 is 1.70 bits per heavy atom. The van der Waals surface area contributed by atoms with E-state index in [1.165, 1.54) is 11.1 Å². The number of nitrogens with one attached hydrogen (secondary N) is 2. The summed E-state index contributed by atoms with van der Waals surface area (Å²) >= 11 is 0. The van der Waals surface area contributed by atoms with Gasteiger partial charge in [-0.25, -0.2) is 4.99 Å². The number of methoxy groups -OCH3 is 2. The SMILES string of the molecule is CCNC(=NCc1ccccc1CN1CC(C)OC(C)C1)Nc1ccc(OC)c(OC)c1.I. The van der Waals surface area contributed by atoms with Crippen molar-refractivity contribution in [2.75, 3.05) is 39.2 Å². The van der Waals surface area contributed by atoms with Gasteiger partial charge >= 0.3 is 0 Å². The van der Waals surface area contributed by atoms with Gasteiger partial charge in [0.1, 0.15) is 0 Å². The standard InChI is InChI=1S/C25H36N4O3.HI/c1-6-26-25(28-22-11-12-23(30-4)24(13-22)31-5)27-14-20-9-7-8-10-21(20)17-29-15-18(2)32-19(3)16-29;/h7-13,18-19H,6,14-17H2,1-5H3,(H2,26,27,28);1H. The lowest BCUT2D eigenvalue weighted by molar-refractivity contribution is -0.0705. The summed E-state index contributed by atoms with van der Waals surface area (Å²) in [5.74, 6) is 2.09. The van der Waals surface area contributed by atoms with E-state index in [0.717, 1.165) is 37.8 Å². The van der Waals surface area contributed by atoms with Crippen LogP contribution in [0.5, 0.6) is 11.5 Å². The molecule has 1 saturated heterocycles. The maximum atomic E-state index is 5.88. The Kier molecular flexibility index (Phi) is 11.2. The smallest absolute Gasteiger partial charge is 0.196 e. The van der Waals surface area contributed by atoms with Gasteiger partial charge in [0.25, 0.3) is 0 Å². The summed E-state index contributed by atoms with van der Waals surface area (Å²) in [6.45, 7) is 10.5. The van der Waals surface area contributed by atoms with Crippen LogP contribution in [-0.2, 0) is 17.8 Å². The van der Waals surface area contributed by atoms with Crippen molar-refractivity contribution in [1.29, 1.82) is 0 Å². The molecule has 33 heavy (non-hydrogen) atoms. The van der Waals surface area contributed by atoms with E-state index >= 15 is 0 Å². The fraction of sp³-hybridized carbons (Fsp3) is 0.480. The molecule has 2 N–H and O–H groups in total. The number of halogens is 1. The third-order valence-electron chi connectivity index (χ3n) is 5.41. The maximum Gasteiger partial charge on any atom is 0.196 e. The third-order valence-corrected chi connectivity index (χ3v) is 5.41. The molecule has 1 aliphatic heterocycles. The number of guanidine groups is 1. The van der Waals surface area contributed by atoms with Crippen LogP contribution in [-0.4, -0.2) is 56.9 Å². The zero-order valence-corrected chi connectivity index (χ0v) is 22.6. The van der Waals surface area contributed by atoms with Gasteiger partial charge in [0.2, 0.25) is 0 Å². The minimum Gasteiger partial charge on any atom is -0.493 e. The van der Waals surface area contributed by atoms with E-state index < -0.39 is 0 Å². The number of rotatable bonds is 8.